The lowest BCUT2D eigenvalue weighted by molar-refractivity contribution is 0.328. The average Bonchev–Trinajstić information content (AvgIpc) is 2.13. The van der Waals surface area contributed by atoms with Crippen LogP contribution in [0.4, 0.5) is 3.89 Å². The summed E-state index contributed by atoms with van der Waals surface area (Å²) in [7, 11) is -4.63. The number of hydrogen-bond donors (Lipinski definition) is 0. The van der Waals surface area contributed by atoms with Gasteiger partial charge in [-0.2, -0.15) is 12.7 Å². The highest BCUT2D eigenvalue weighted by Crippen LogP contribution is 2.13. The molecule has 0 spiro atoms. The van der Waals surface area contributed by atoms with Crippen LogP contribution in [0.1, 0.15) is 19.4 Å². The third-order valence-electron chi connectivity index (χ3n) is 2.04. The molecule has 1 aromatic rings. The smallest absolute Gasteiger partial charge is 0.177 e. The molecule has 0 atom stereocenters. The zero-order valence-electron chi connectivity index (χ0n) is 8.72. The fourth-order valence-electron chi connectivity index (χ4n) is 1.27. The Hall–Kier alpha value is -0.940. The highest BCUT2D eigenvalue weighted by atomic mass is 32.3. The fourth-order valence-corrected chi connectivity index (χ4v) is 2.08. The number of halogens is 1. The first kappa shape index (κ1) is 12.1. The molecule has 3 nitrogen and oxygen atoms in total. The maximum absolute atomic E-state index is 12.9. The predicted molar refractivity (Wildman–Crippen MR) is 57.1 cm³/mol. The lowest BCUT2D eigenvalue weighted by atomic mass is 10.2. The first-order valence-corrected chi connectivity index (χ1v) is 6.00. The quantitative estimate of drug-likeness (QED) is 0.744. The average molecular weight is 231 g/mol. The molecule has 0 unspecified atom stereocenters. The van der Waals surface area contributed by atoms with Gasteiger partial charge < -0.3 is 0 Å². The van der Waals surface area contributed by atoms with E-state index in [2.05, 4.69) is 0 Å². The molecule has 0 aliphatic rings. The van der Waals surface area contributed by atoms with Gasteiger partial charge >= 0.3 is 10.4 Å². The molecule has 1 aromatic carbocycles. The van der Waals surface area contributed by atoms with Crippen LogP contribution in [0, 0.1) is 0 Å². The zero-order valence-corrected chi connectivity index (χ0v) is 9.54. The van der Waals surface area contributed by atoms with Gasteiger partial charge in [-0.3, -0.25) is 0 Å². The second-order valence-electron chi connectivity index (χ2n) is 3.57. The van der Waals surface area contributed by atoms with Crippen molar-refractivity contribution in [3.8, 4) is 0 Å². The Morgan fingerprint density at radius 3 is 2.20 bits per heavy atom. The van der Waals surface area contributed by atoms with Crippen LogP contribution >= 0.6 is 0 Å². The lowest BCUT2D eigenvalue weighted by Crippen LogP contribution is -2.33. The summed E-state index contributed by atoms with van der Waals surface area (Å²) in [6.45, 7) is 3.34. The monoisotopic (exact) mass is 231 g/mol. The molecule has 0 aliphatic carbocycles. The number of hydrogen-bond acceptors (Lipinski definition) is 2. The van der Waals surface area contributed by atoms with Gasteiger partial charge in [-0.25, -0.2) is 0 Å². The van der Waals surface area contributed by atoms with Crippen molar-refractivity contribution < 1.29 is 12.3 Å². The SMILES string of the molecule is CC(C)N(Cc1ccccc1)S(=O)(=O)F. The van der Waals surface area contributed by atoms with E-state index in [-0.39, 0.29) is 12.6 Å². The minimum absolute atomic E-state index is 0.0668. The Bertz CT molecular complexity index is 403. The van der Waals surface area contributed by atoms with Crippen LogP contribution in [0.5, 0.6) is 0 Å². The van der Waals surface area contributed by atoms with Crippen LogP contribution in [-0.4, -0.2) is 18.8 Å². The van der Waals surface area contributed by atoms with Gasteiger partial charge in [0.2, 0.25) is 0 Å². The topological polar surface area (TPSA) is 37.4 Å². The molecule has 0 fully saturated rings. The molecular weight excluding hydrogens is 217 g/mol. The molecule has 0 amide bonds. The molecule has 1 rings (SSSR count). The molecule has 0 saturated heterocycles. The molecule has 0 aromatic heterocycles. The van der Waals surface area contributed by atoms with Gasteiger partial charge in [0.1, 0.15) is 0 Å². The minimum atomic E-state index is -4.63. The van der Waals surface area contributed by atoms with E-state index in [4.69, 9.17) is 0 Å². The lowest BCUT2D eigenvalue weighted by Gasteiger charge is -2.21. The molecule has 0 saturated carbocycles. The summed E-state index contributed by atoms with van der Waals surface area (Å²) >= 11 is 0. The van der Waals surface area contributed by atoms with Crippen molar-refractivity contribution in [3.05, 3.63) is 35.9 Å². The molecule has 0 N–H and O–H groups in total. The van der Waals surface area contributed by atoms with E-state index in [1.807, 2.05) is 6.07 Å². The van der Waals surface area contributed by atoms with E-state index < -0.39 is 10.4 Å². The maximum atomic E-state index is 12.9. The van der Waals surface area contributed by atoms with Gasteiger partial charge in [0.05, 0.1) is 0 Å². The molecule has 15 heavy (non-hydrogen) atoms. The standard InChI is InChI=1S/C10H14FNO2S/c1-9(2)12(15(11,13)14)8-10-6-4-3-5-7-10/h3-7,9H,8H2,1-2H3. The van der Waals surface area contributed by atoms with Crippen molar-refractivity contribution in [1.29, 1.82) is 0 Å². The molecular formula is C10H14FNO2S. The Labute approximate surface area is 89.9 Å². The van der Waals surface area contributed by atoms with E-state index in [9.17, 15) is 12.3 Å². The first-order valence-electron chi connectivity index (χ1n) is 4.66. The molecule has 0 radical (unpaired) electrons. The number of benzene rings is 1. The Kier molecular flexibility index (Phi) is 3.82. The van der Waals surface area contributed by atoms with Crippen molar-refractivity contribution in [1.82, 2.24) is 4.31 Å². The maximum Gasteiger partial charge on any atom is 0.375 e. The van der Waals surface area contributed by atoms with Crippen LogP contribution in [0.3, 0.4) is 0 Å². The zero-order chi connectivity index (χ0) is 11.5. The van der Waals surface area contributed by atoms with Crippen LogP contribution in [0.15, 0.2) is 30.3 Å². The second-order valence-corrected chi connectivity index (χ2v) is 4.86. The van der Waals surface area contributed by atoms with Crippen LogP contribution < -0.4 is 0 Å². The van der Waals surface area contributed by atoms with Gasteiger partial charge in [0.25, 0.3) is 0 Å². The Morgan fingerprint density at radius 1 is 1.27 bits per heavy atom. The van der Waals surface area contributed by atoms with E-state index in [1.165, 1.54) is 0 Å². The van der Waals surface area contributed by atoms with Crippen molar-refractivity contribution in [2.75, 3.05) is 0 Å². The molecule has 84 valence electrons. The van der Waals surface area contributed by atoms with Crippen molar-refractivity contribution in [2.24, 2.45) is 0 Å². The number of nitrogens with zero attached hydrogens (tertiary/aromatic N) is 1. The molecule has 0 aliphatic heterocycles. The molecule has 5 heteroatoms. The highest BCUT2D eigenvalue weighted by molar-refractivity contribution is 7.83. The predicted octanol–water partition coefficient (Wildman–Crippen LogP) is 2.11. The van der Waals surface area contributed by atoms with Gasteiger partial charge in [-0.05, 0) is 19.4 Å². The van der Waals surface area contributed by atoms with Gasteiger partial charge in [-0.15, -0.1) is 0 Å². The largest absolute Gasteiger partial charge is 0.375 e. The first-order chi connectivity index (χ1) is 6.91. The van der Waals surface area contributed by atoms with Crippen molar-refractivity contribution in [2.45, 2.75) is 26.4 Å². The summed E-state index contributed by atoms with van der Waals surface area (Å²) in [4.78, 5) is 0. The van der Waals surface area contributed by atoms with Gasteiger partial charge in [0, 0.05) is 12.6 Å². The highest BCUT2D eigenvalue weighted by Gasteiger charge is 2.23. The van der Waals surface area contributed by atoms with E-state index >= 15 is 0 Å². The summed E-state index contributed by atoms with van der Waals surface area (Å²) in [5, 5.41) is 0. The summed E-state index contributed by atoms with van der Waals surface area (Å²) in [6.07, 6.45) is 0. The number of rotatable bonds is 4. The van der Waals surface area contributed by atoms with Gasteiger partial charge in [0.15, 0.2) is 0 Å². The minimum Gasteiger partial charge on any atom is -0.177 e. The summed E-state index contributed by atoms with van der Waals surface area (Å²) in [5.41, 5.74) is 0.771. The van der Waals surface area contributed by atoms with E-state index in [0.717, 1.165) is 9.87 Å². The normalized spacial score (nSPS) is 12.3. The Balaban J connectivity index is 2.87. The van der Waals surface area contributed by atoms with Crippen molar-refractivity contribution >= 4 is 10.4 Å². The summed E-state index contributed by atoms with van der Waals surface area (Å²) in [5.74, 6) is 0. The van der Waals surface area contributed by atoms with E-state index in [0.29, 0.717) is 0 Å². The second kappa shape index (κ2) is 4.72. The van der Waals surface area contributed by atoms with Crippen molar-refractivity contribution in [3.63, 3.8) is 0 Å². The van der Waals surface area contributed by atoms with Crippen LogP contribution in [-0.2, 0) is 17.0 Å². The van der Waals surface area contributed by atoms with Crippen LogP contribution in [0.2, 0.25) is 0 Å². The third-order valence-corrected chi connectivity index (χ3v) is 3.15. The molecule has 0 heterocycles. The van der Waals surface area contributed by atoms with Crippen LogP contribution in [0.25, 0.3) is 0 Å². The summed E-state index contributed by atoms with van der Waals surface area (Å²) in [6, 6.07) is 8.55. The van der Waals surface area contributed by atoms with Gasteiger partial charge in [-0.1, -0.05) is 34.2 Å². The third kappa shape index (κ3) is 3.60. The Morgan fingerprint density at radius 2 is 1.80 bits per heavy atom. The van der Waals surface area contributed by atoms with E-state index in [1.54, 1.807) is 38.1 Å². The molecule has 0 bridgehead atoms. The summed E-state index contributed by atoms with van der Waals surface area (Å²) < 4.78 is 35.4. The fraction of sp³-hybridized carbons (Fsp3) is 0.400.